The molecule has 1 aromatic heterocycles. The van der Waals surface area contributed by atoms with Gasteiger partial charge in [-0.2, -0.15) is 0 Å². The molecule has 11 heteroatoms. The zero-order valence-corrected chi connectivity index (χ0v) is 24.9. The lowest BCUT2D eigenvalue weighted by Crippen LogP contribution is -2.43. The third-order valence-corrected chi connectivity index (χ3v) is 8.84. The van der Waals surface area contributed by atoms with E-state index in [2.05, 4.69) is 4.98 Å². The van der Waals surface area contributed by atoms with Crippen LogP contribution in [0.25, 0.3) is 0 Å². The first-order valence-corrected chi connectivity index (χ1v) is 14.4. The zero-order chi connectivity index (χ0) is 31.8. The van der Waals surface area contributed by atoms with Crippen LogP contribution in [0.15, 0.2) is 107 Å². The molecular formula is C34H32N2O9. The number of esters is 2. The molecule has 6 rings (SSSR count). The van der Waals surface area contributed by atoms with Gasteiger partial charge in [0.15, 0.2) is 5.41 Å². The highest BCUT2D eigenvalue weighted by Gasteiger charge is 2.84. The molecule has 1 saturated carbocycles. The van der Waals surface area contributed by atoms with Gasteiger partial charge in [0, 0.05) is 24.1 Å². The van der Waals surface area contributed by atoms with Crippen LogP contribution in [0.2, 0.25) is 0 Å². The number of nitrogens with zero attached hydrogens (tertiary/aromatic N) is 1. The van der Waals surface area contributed by atoms with Crippen molar-refractivity contribution in [1.29, 1.82) is 0 Å². The molecule has 0 spiro atoms. The van der Waals surface area contributed by atoms with Gasteiger partial charge in [0.1, 0.15) is 17.6 Å². The summed E-state index contributed by atoms with van der Waals surface area (Å²) < 4.78 is 30.2. The van der Waals surface area contributed by atoms with Crippen molar-refractivity contribution in [2.75, 3.05) is 27.9 Å². The van der Waals surface area contributed by atoms with Gasteiger partial charge in [0.25, 0.3) is 5.56 Å². The molecule has 2 unspecified atom stereocenters. The molecule has 2 heterocycles. The summed E-state index contributed by atoms with van der Waals surface area (Å²) >= 11 is 0. The Balaban J connectivity index is 1.47. The summed E-state index contributed by atoms with van der Waals surface area (Å²) in [5.74, 6) is -2.50. The van der Waals surface area contributed by atoms with E-state index in [0.29, 0.717) is 5.75 Å². The number of ether oxygens (including phenoxy) is 5. The van der Waals surface area contributed by atoms with Crippen LogP contribution in [0, 0.1) is 17.3 Å². The number of fused-ring (bicyclic) bond motifs is 1. The van der Waals surface area contributed by atoms with Gasteiger partial charge in [-0.05, 0) is 28.8 Å². The molecule has 4 aromatic rings. The van der Waals surface area contributed by atoms with Crippen LogP contribution in [0.1, 0.15) is 22.9 Å². The third-order valence-electron chi connectivity index (χ3n) is 8.84. The van der Waals surface area contributed by atoms with E-state index in [4.69, 9.17) is 23.7 Å². The summed E-state index contributed by atoms with van der Waals surface area (Å²) in [5, 5.41) is 0. The maximum Gasteiger partial charge on any atom is 0.330 e. The van der Waals surface area contributed by atoms with E-state index in [1.165, 1.54) is 26.5 Å². The van der Waals surface area contributed by atoms with Crippen molar-refractivity contribution in [3.63, 3.8) is 0 Å². The van der Waals surface area contributed by atoms with Crippen molar-refractivity contribution in [3.05, 3.63) is 135 Å². The Bertz CT molecular complexity index is 1750. The van der Waals surface area contributed by atoms with Gasteiger partial charge in [-0.3, -0.25) is 23.9 Å². The number of hydrogen-bond donors (Lipinski definition) is 1. The van der Waals surface area contributed by atoms with E-state index >= 15 is 0 Å². The summed E-state index contributed by atoms with van der Waals surface area (Å²) in [4.78, 5) is 53.5. The first-order chi connectivity index (χ1) is 21.8. The topological polar surface area (TPSA) is 135 Å². The molecule has 1 N–H and O–H groups in total. The highest BCUT2D eigenvalue weighted by molar-refractivity contribution is 6.05. The van der Waals surface area contributed by atoms with E-state index in [1.54, 1.807) is 7.11 Å². The summed E-state index contributed by atoms with van der Waals surface area (Å²) in [6.07, 6.45) is -0.670. The van der Waals surface area contributed by atoms with Gasteiger partial charge >= 0.3 is 17.6 Å². The quantitative estimate of drug-likeness (QED) is 0.163. The predicted octanol–water partition coefficient (Wildman–Crippen LogP) is 3.03. The number of hydrogen-bond acceptors (Lipinski definition) is 9. The van der Waals surface area contributed by atoms with Crippen molar-refractivity contribution in [2.24, 2.45) is 17.3 Å². The summed E-state index contributed by atoms with van der Waals surface area (Å²) in [5.41, 5.74) is -1.79. The van der Waals surface area contributed by atoms with Crippen LogP contribution in [0.3, 0.4) is 0 Å². The highest BCUT2D eigenvalue weighted by atomic mass is 16.6. The molecule has 11 nitrogen and oxygen atoms in total. The SMILES string of the molecule is COC(=O)C1(C(=O)OC)C2C1[C@@H](COC(c1ccccc1)(c1ccccc1)c1ccc(OC)cc1)O[C@H]2n1ccc(=O)[nH]c1=O. The number of carbonyl (C=O) groups excluding carboxylic acids is 2. The van der Waals surface area contributed by atoms with Gasteiger partial charge in [0.2, 0.25) is 0 Å². The molecule has 1 aliphatic carbocycles. The van der Waals surface area contributed by atoms with Gasteiger partial charge < -0.3 is 23.7 Å². The lowest BCUT2D eigenvalue weighted by Gasteiger charge is -2.37. The number of H-pyrrole nitrogens is 1. The van der Waals surface area contributed by atoms with Crippen LogP contribution in [0.4, 0.5) is 0 Å². The fourth-order valence-corrected chi connectivity index (χ4v) is 6.82. The predicted molar refractivity (Wildman–Crippen MR) is 160 cm³/mol. The molecule has 2 aliphatic rings. The van der Waals surface area contributed by atoms with Crippen LogP contribution in [-0.4, -0.2) is 55.5 Å². The number of benzene rings is 3. The number of methoxy groups -OCH3 is 3. The molecular weight excluding hydrogens is 580 g/mol. The largest absolute Gasteiger partial charge is 0.497 e. The van der Waals surface area contributed by atoms with Gasteiger partial charge in [-0.15, -0.1) is 0 Å². The van der Waals surface area contributed by atoms with E-state index in [0.717, 1.165) is 21.3 Å². The maximum atomic E-state index is 13.3. The second-order valence-electron chi connectivity index (χ2n) is 10.9. The molecule has 0 bridgehead atoms. The lowest BCUT2D eigenvalue weighted by atomic mass is 9.80. The van der Waals surface area contributed by atoms with Gasteiger partial charge in [-0.1, -0.05) is 72.8 Å². The standard InChI is InChI=1S/C34H32N2O9/c1-41-24-16-14-23(15-17-24)34(21-10-6-4-7-11-21,22-12-8-5-9-13-22)44-20-25-27-28(33(27,30(38)42-2)31(39)43-3)29(45-25)36-19-18-26(37)35-32(36)40/h4-19,25,27-29H,20H2,1-3H3,(H,35,37,40)/t25-,27?,28?,29-/m1/s1. The van der Waals surface area contributed by atoms with E-state index in [1.807, 2.05) is 84.9 Å². The number of aromatic nitrogens is 2. The van der Waals surface area contributed by atoms with E-state index in [-0.39, 0.29) is 6.61 Å². The molecule has 1 aliphatic heterocycles. The first kappa shape index (κ1) is 30.0. The zero-order valence-electron chi connectivity index (χ0n) is 24.9. The first-order valence-electron chi connectivity index (χ1n) is 14.4. The fourth-order valence-electron chi connectivity index (χ4n) is 6.82. The molecule has 2 fully saturated rings. The van der Waals surface area contributed by atoms with Crippen molar-refractivity contribution < 1.29 is 33.3 Å². The molecule has 4 atom stereocenters. The number of aromatic amines is 1. The Morgan fingerprint density at radius 2 is 1.36 bits per heavy atom. The average Bonchev–Trinajstić information content (AvgIpc) is 3.64. The van der Waals surface area contributed by atoms with E-state index in [9.17, 15) is 19.2 Å². The number of rotatable bonds is 10. The Kier molecular flexibility index (Phi) is 7.90. The van der Waals surface area contributed by atoms with Crippen LogP contribution in [0.5, 0.6) is 5.75 Å². The molecule has 232 valence electrons. The van der Waals surface area contributed by atoms with Crippen LogP contribution < -0.4 is 16.0 Å². The normalized spacial score (nSPS) is 21.4. The molecule has 45 heavy (non-hydrogen) atoms. The minimum atomic E-state index is -1.74. The summed E-state index contributed by atoms with van der Waals surface area (Å²) in [7, 11) is 3.97. The molecule has 1 saturated heterocycles. The summed E-state index contributed by atoms with van der Waals surface area (Å²) in [6, 6.07) is 28.0. The Morgan fingerprint density at radius 1 is 0.800 bits per heavy atom. The number of carbonyl (C=O) groups is 2. The van der Waals surface area contributed by atoms with Gasteiger partial charge in [-0.25, -0.2) is 4.79 Å². The van der Waals surface area contributed by atoms with E-state index < -0.39 is 58.4 Å². The molecule has 0 amide bonds. The fraction of sp³-hybridized carbons (Fsp3) is 0.294. The van der Waals surface area contributed by atoms with Crippen molar-refractivity contribution >= 4 is 11.9 Å². The lowest BCUT2D eigenvalue weighted by molar-refractivity contribution is -0.173. The second kappa shape index (κ2) is 11.8. The molecule has 3 aromatic carbocycles. The minimum absolute atomic E-state index is 0.0959. The third kappa shape index (κ3) is 4.75. The smallest absolute Gasteiger partial charge is 0.330 e. The van der Waals surface area contributed by atoms with Crippen LogP contribution >= 0.6 is 0 Å². The minimum Gasteiger partial charge on any atom is -0.497 e. The monoisotopic (exact) mass is 612 g/mol. The number of nitrogens with one attached hydrogen (secondary N) is 1. The Hall–Kier alpha value is -5.00. The second-order valence-corrected chi connectivity index (χ2v) is 10.9. The maximum absolute atomic E-state index is 13.3. The van der Waals surface area contributed by atoms with Crippen LogP contribution in [-0.2, 0) is 34.1 Å². The van der Waals surface area contributed by atoms with Crippen molar-refractivity contribution in [3.8, 4) is 5.75 Å². The molecule has 0 radical (unpaired) electrons. The highest BCUT2D eigenvalue weighted by Crippen LogP contribution is 2.71. The average molecular weight is 613 g/mol. The summed E-state index contributed by atoms with van der Waals surface area (Å²) in [6.45, 7) is -0.0959. The van der Waals surface area contributed by atoms with Gasteiger partial charge in [0.05, 0.1) is 34.0 Å². The van der Waals surface area contributed by atoms with Crippen molar-refractivity contribution in [1.82, 2.24) is 9.55 Å². The Labute approximate surface area is 258 Å². The van der Waals surface area contributed by atoms with Crippen molar-refractivity contribution in [2.45, 2.75) is 17.9 Å². The Morgan fingerprint density at radius 3 is 1.87 bits per heavy atom.